The lowest BCUT2D eigenvalue weighted by Gasteiger charge is -2.17. The highest BCUT2D eigenvalue weighted by Gasteiger charge is 2.10. The Morgan fingerprint density at radius 2 is 1.90 bits per heavy atom. The molecule has 0 aliphatic rings. The minimum absolute atomic E-state index is 0.539. The molecule has 1 N–H and O–H groups in total. The summed E-state index contributed by atoms with van der Waals surface area (Å²) in [6.07, 6.45) is 2.03. The van der Waals surface area contributed by atoms with Gasteiger partial charge in [-0.05, 0) is 62.2 Å². The number of benzene rings is 2. The van der Waals surface area contributed by atoms with Gasteiger partial charge >= 0.3 is 0 Å². The Balaban J connectivity index is 1.84. The lowest BCUT2D eigenvalue weighted by Crippen LogP contribution is -2.22. The number of para-hydroxylation sites is 1. The van der Waals surface area contributed by atoms with Gasteiger partial charge in [-0.15, -0.1) is 0 Å². The Morgan fingerprint density at radius 3 is 2.62 bits per heavy atom. The Labute approximate surface area is 132 Å². The van der Waals surface area contributed by atoms with Crippen LogP contribution in [0.2, 0.25) is 5.02 Å². The van der Waals surface area contributed by atoms with Crippen LogP contribution in [-0.2, 0) is 6.42 Å². The van der Waals surface area contributed by atoms with Gasteiger partial charge in [0.05, 0.1) is 6.61 Å². The third kappa shape index (κ3) is 5.78. The van der Waals surface area contributed by atoms with E-state index in [9.17, 15) is 0 Å². The van der Waals surface area contributed by atoms with E-state index in [2.05, 4.69) is 11.4 Å². The van der Waals surface area contributed by atoms with E-state index in [1.54, 1.807) is 0 Å². The first kappa shape index (κ1) is 15.9. The van der Waals surface area contributed by atoms with Crippen LogP contribution in [0.4, 0.5) is 0 Å². The monoisotopic (exact) mass is 303 g/mol. The van der Waals surface area contributed by atoms with Crippen molar-refractivity contribution in [2.75, 3.05) is 20.2 Å². The number of hydrogen-bond donors (Lipinski definition) is 1. The molecule has 2 nitrogen and oxygen atoms in total. The highest BCUT2D eigenvalue weighted by atomic mass is 35.5. The van der Waals surface area contributed by atoms with Gasteiger partial charge in [-0.1, -0.05) is 41.9 Å². The molecule has 2 aromatic rings. The van der Waals surface area contributed by atoms with Crippen molar-refractivity contribution in [1.82, 2.24) is 5.32 Å². The van der Waals surface area contributed by atoms with E-state index in [0.29, 0.717) is 5.92 Å². The summed E-state index contributed by atoms with van der Waals surface area (Å²) >= 11 is 6.05. The fraction of sp³-hybridized carbons (Fsp3) is 0.333. The van der Waals surface area contributed by atoms with Crippen molar-refractivity contribution in [3.63, 3.8) is 0 Å². The van der Waals surface area contributed by atoms with Crippen LogP contribution in [0.15, 0.2) is 54.6 Å². The summed E-state index contributed by atoms with van der Waals surface area (Å²) in [6, 6.07) is 18.1. The quantitative estimate of drug-likeness (QED) is 0.789. The second kappa shape index (κ2) is 8.71. The van der Waals surface area contributed by atoms with Crippen molar-refractivity contribution in [1.29, 1.82) is 0 Å². The maximum atomic E-state index is 6.05. The molecule has 3 heteroatoms. The van der Waals surface area contributed by atoms with E-state index in [4.69, 9.17) is 16.3 Å². The molecule has 0 radical (unpaired) electrons. The number of nitrogens with one attached hydrogen (secondary N) is 1. The zero-order valence-corrected chi connectivity index (χ0v) is 13.1. The van der Waals surface area contributed by atoms with Crippen LogP contribution in [0.3, 0.4) is 0 Å². The lowest BCUT2D eigenvalue weighted by atomic mass is 9.96. The summed E-state index contributed by atoms with van der Waals surface area (Å²) in [7, 11) is 1.99. The zero-order valence-electron chi connectivity index (χ0n) is 12.4. The molecule has 0 spiro atoms. The Morgan fingerprint density at radius 1 is 1.10 bits per heavy atom. The predicted octanol–water partition coefficient (Wildman–Crippen LogP) is 4.19. The normalized spacial score (nSPS) is 12.1. The number of rotatable bonds is 8. The maximum Gasteiger partial charge on any atom is 0.119 e. The van der Waals surface area contributed by atoms with Gasteiger partial charge in [-0.25, -0.2) is 0 Å². The topological polar surface area (TPSA) is 21.3 Å². The molecule has 0 saturated heterocycles. The second-order valence-electron chi connectivity index (χ2n) is 5.21. The molecule has 0 aliphatic carbocycles. The average molecular weight is 304 g/mol. The van der Waals surface area contributed by atoms with Crippen molar-refractivity contribution in [3.05, 3.63) is 65.2 Å². The van der Waals surface area contributed by atoms with Gasteiger partial charge in [-0.3, -0.25) is 0 Å². The molecule has 0 heterocycles. The van der Waals surface area contributed by atoms with E-state index >= 15 is 0 Å². The van der Waals surface area contributed by atoms with Crippen LogP contribution < -0.4 is 10.1 Å². The molecule has 2 aromatic carbocycles. The molecule has 2 rings (SSSR count). The third-order valence-electron chi connectivity index (χ3n) is 3.44. The molecule has 0 aromatic heterocycles. The predicted molar refractivity (Wildman–Crippen MR) is 89.1 cm³/mol. The number of hydrogen-bond acceptors (Lipinski definition) is 2. The summed E-state index contributed by atoms with van der Waals surface area (Å²) in [5, 5.41) is 4.06. The highest BCUT2D eigenvalue weighted by Crippen LogP contribution is 2.17. The summed E-state index contributed by atoms with van der Waals surface area (Å²) < 4.78 is 5.79. The molecule has 112 valence electrons. The van der Waals surface area contributed by atoms with Crippen LogP contribution in [-0.4, -0.2) is 20.2 Å². The second-order valence-corrected chi connectivity index (χ2v) is 5.64. The van der Waals surface area contributed by atoms with Gasteiger partial charge in [0.1, 0.15) is 5.75 Å². The van der Waals surface area contributed by atoms with Gasteiger partial charge in [-0.2, -0.15) is 0 Å². The third-order valence-corrected chi connectivity index (χ3v) is 3.68. The van der Waals surface area contributed by atoms with Crippen molar-refractivity contribution in [2.45, 2.75) is 12.8 Å². The highest BCUT2D eigenvalue weighted by molar-refractivity contribution is 6.30. The summed E-state index contributed by atoms with van der Waals surface area (Å²) in [5.41, 5.74) is 1.28. The van der Waals surface area contributed by atoms with Gasteiger partial charge in [0, 0.05) is 5.02 Å². The van der Waals surface area contributed by atoms with Crippen molar-refractivity contribution in [3.8, 4) is 5.75 Å². The van der Waals surface area contributed by atoms with E-state index in [1.165, 1.54) is 5.56 Å². The number of halogens is 1. The SMILES string of the molecule is CNCC(CCOc1ccccc1)Cc1cccc(Cl)c1. The molecule has 0 bridgehead atoms. The smallest absolute Gasteiger partial charge is 0.119 e. The fourth-order valence-corrected chi connectivity index (χ4v) is 2.64. The first-order chi connectivity index (χ1) is 10.3. The number of ether oxygens (including phenoxy) is 1. The molecular weight excluding hydrogens is 282 g/mol. The molecule has 0 saturated carbocycles. The molecule has 21 heavy (non-hydrogen) atoms. The van der Waals surface area contributed by atoms with E-state index in [1.807, 2.05) is 55.6 Å². The largest absolute Gasteiger partial charge is 0.494 e. The molecule has 1 atom stereocenters. The van der Waals surface area contributed by atoms with Crippen LogP contribution >= 0.6 is 11.6 Å². The van der Waals surface area contributed by atoms with Crippen LogP contribution in [0.5, 0.6) is 5.75 Å². The van der Waals surface area contributed by atoms with Gasteiger partial charge in [0.2, 0.25) is 0 Å². The van der Waals surface area contributed by atoms with Gasteiger partial charge < -0.3 is 10.1 Å². The van der Waals surface area contributed by atoms with Gasteiger partial charge in [0.25, 0.3) is 0 Å². The van der Waals surface area contributed by atoms with E-state index < -0.39 is 0 Å². The Kier molecular flexibility index (Phi) is 6.58. The van der Waals surface area contributed by atoms with Crippen LogP contribution in [0, 0.1) is 5.92 Å². The lowest BCUT2D eigenvalue weighted by molar-refractivity contribution is 0.275. The average Bonchev–Trinajstić information content (AvgIpc) is 2.48. The summed E-state index contributed by atoms with van der Waals surface area (Å²) in [4.78, 5) is 0. The molecular formula is C18H22ClNO. The van der Waals surface area contributed by atoms with Crippen molar-refractivity contribution >= 4 is 11.6 Å². The van der Waals surface area contributed by atoms with Crippen molar-refractivity contribution < 1.29 is 4.74 Å². The van der Waals surface area contributed by atoms with Crippen molar-refractivity contribution in [2.24, 2.45) is 5.92 Å². The minimum Gasteiger partial charge on any atom is -0.494 e. The molecule has 0 fully saturated rings. The van der Waals surface area contributed by atoms with Gasteiger partial charge in [0.15, 0.2) is 0 Å². The Hall–Kier alpha value is -1.51. The minimum atomic E-state index is 0.539. The molecule has 1 unspecified atom stereocenters. The van der Waals surface area contributed by atoms with Crippen LogP contribution in [0.25, 0.3) is 0 Å². The van der Waals surface area contributed by atoms with Crippen LogP contribution in [0.1, 0.15) is 12.0 Å². The summed E-state index contributed by atoms with van der Waals surface area (Å²) in [5.74, 6) is 1.47. The molecule has 0 amide bonds. The first-order valence-electron chi connectivity index (χ1n) is 7.35. The molecule has 0 aliphatic heterocycles. The Bertz CT molecular complexity index is 530. The van der Waals surface area contributed by atoms with E-state index in [0.717, 1.165) is 36.8 Å². The fourth-order valence-electron chi connectivity index (χ4n) is 2.42. The first-order valence-corrected chi connectivity index (χ1v) is 7.72. The maximum absolute atomic E-state index is 6.05. The zero-order chi connectivity index (χ0) is 14.9. The van der Waals surface area contributed by atoms with E-state index in [-0.39, 0.29) is 0 Å². The summed E-state index contributed by atoms with van der Waals surface area (Å²) in [6.45, 7) is 1.71. The standard InChI is InChI=1S/C18H22ClNO/c1-20-14-16(12-15-6-5-7-17(19)13-15)10-11-21-18-8-3-2-4-9-18/h2-9,13,16,20H,10-12,14H2,1H3.